The summed E-state index contributed by atoms with van der Waals surface area (Å²) in [5.74, 6) is 1.02. The molecular weight excluding hydrogens is 400 g/mol. The maximum absolute atomic E-state index is 5.32. The molecule has 5 aromatic rings. The average molecular weight is 429 g/mol. The zero-order valence-corrected chi connectivity index (χ0v) is 19.2. The highest BCUT2D eigenvalue weighted by Gasteiger charge is 2.22. The lowest BCUT2D eigenvalue weighted by Crippen LogP contribution is -2.03. The van der Waals surface area contributed by atoms with E-state index in [0.29, 0.717) is 0 Å². The van der Waals surface area contributed by atoms with Crippen LogP contribution >= 0.6 is 0 Å². The van der Waals surface area contributed by atoms with Crippen LogP contribution < -0.4 is 0 Å². The van der Waals surface area contributed by atoms with Crippen LogP contribution in [0.25, 0.3) is 45.0 Å². The average Bonchev–Trinajstić information content (AvgIpc) is 3.24. The number of imidazole rings is 1. The van der Waals surface area contributed by atoms with Gasteiger partial charge in [-0.15, -0.1) is 0 Å². The lowest BCUT2D eigenvalue weighted by atomic mass is 9.98. The highest BCUT2D eigenvalue weighted by atomic mass is 15.1. The maximum Gasteiger partial charge on any atom is 0.141 e. The monoisotopic (exact) mass is 428 g/mol. The molecule has 162 valence electrons. The van der Waals surface area contributed by atoms with Crippen molar-refractivity contribution < 1.29 is 0 Å². The Kier molecular flexibility index (Phi) is 5.91. The summed E-state index contributed by atoms with van der Waals surface area (Å²) in [4.78, 5) is 5.32. The van der Waals surface area contributed by atoms with Gasteiger partial charge in [0.25, 0.3) is 0 Å². The van der Waals surface area contributed by atoms with Gasteiger partial charge in [0.2, 0.25) is 0 Å². The van der Waals surface area contributed by atoms with Crippen LogP contribution in [0.5, 0.6) is 0 Å². The Hall–Kier alpha value is -3.91. The lowest BCUT2D eigenvalue weighted by molar-refractivity contribution is 0.691. The van der Waals surface area contributed by atoms with Gasteiger partial charge >= 0.3 is 0 Å². The molecular formula is C31H28N2. The molecule has 0 spiro atoms. The molecule has 0 saturated carbocycles. The second-order valence-electron chi connectivity index (χ2n) is 8.43. The maximum atomic E-state index is 5.32. The highest BCUT2D eigenvalue weighted by molar-refractivity contribution is 5.87. The minimum absolute atomic E-state index is 0.904. The molecule has 2 heteroatoms. The summed E-state index contributed by atoms with van der Waals surface area (Å²) in [6.07, 6.45) is 1.03. The Balaban J connectivity index is 1.81. The first-order chi connectivity index (χ1) is 16.3. The number of aryl methyl sites for hydroxylation is 1. The Bertz CT molecular complexity index is 1360. The molecule has 0 radical (unpaired) electrons. The predicted octanol–water partition coefficient (Wildman–Crippen LogP) is 8.27. The second-order valence-corrected chi connectivity index (χ2v) is 8.43. The number of rotatable bonds is 6. The fourth-order valence-corrected chi connectivity index (χ4v) is 4.53. The molecule has 33 heavy (non-hydrogen) atoms. The van der Waals surface area contributed by atoms with E-state index in [1.54, 1.807) is 0 Å². The molecule has 0 aliphatic carbocycles. The molecule has 0 bridgehead atoms. The standard InChI is InChI=1S/C31H28N2/c1-3-21-33-30(25-16-8-5-9-17-25)29(24-14-6-4-7-15-24)32-31(33)28-20-11-10-19-27(28)26-18-12-13-23(2)22-26/h4-20,22H,3,21H2,1-2H3. The van der Waals surface area contributed by atoms with Gasteiger partial charge in [0.15, 0.2) is 0 Å². The van der Waals surface area contributed by atoms with Crippen molar-refractivity contribution in [2.75, 3.05) is 0 Å². The second kappa shape index (κ2) is 9.30. The van der Waals surface area contributed by atoms with Crippen LogP contribution in [0.1, 0.15) is 18.9 Å². The molecule has 0 N–H and O–H groups in total. The quantitative estimate of drug-likeness (QED) is 0.266. The van der Waals surface area contributed by atoms with Crippen molar-refractivity contribution in [2.45, 2.75) is 26.8 Å². The summed E-state index contributed by atoms with van der Waals surface area (Å²) < 4.78 is 2.41. The first-order valence-corrected chi connectivity index (χ1v) is 11.6. The zero-order chi connectivity index (χ0) is 22.6. The smallest absolute Gasteiger partial charge is 0.141 e. The van der Waals surface area contributed by atoms with Gasteiger partial charge < -0.3 is 4.57 Å². The molecule has 0 saturated heterocycles. The van der Waals surface area contributed by atoms with Crippen LogP contribution in [0.4, 0.5) is 0 Å². The molecule has 5 rings (SSSR count). The number of hydrogen-bond donors (Lipinski definition) is 0. The van der Waals surface area contributed by atoms with Crippen LogP contribution in [-0.4, -0.2) is 9.55 Å². The van der Waals surface area contributed by atoms with Crippen molar-refractivity contribution in [3.8, 4) is 45.0 Å². The van der Waals surface area contributed by atoms with Crippen LogP contribution in [0.2, 0.25) is 0 Å². The largest absolute Gasteiger partial charge is 0.323 e. The summed E-state index contributed by atoms with van der Waals surface area (Å²) in [6, 6.07) is 38.5. The van der Waals surface area contributed by atoms with Crippen molar-refractivity contribution in [2.24, 2.45) is 0 Å². The van der Waals surface area contributed by atoms with Crippen molar-refractivity contribution in [1.82, 2.24) is 9.55 Å². The minimum Gasteiger partial charge on any atom is -0.323 e. The van der Waals surface area contributed by atoms with E-state index in [1.165, 1.54) is 27.9 Å². The van der Waals surface area contributed by atoms with Crippen LogP contribution in [0.3, 0.4) is 0 Å². The van der Waals surface area contributed by atoms with Crippen LogP contribution in [0, 0.1) is 6.92 Å². The molecule has 0 atom stereocenters. The molecule has 1 heterocycles. The number of aromatic nitrogens is 2. The third kappa shape index (κ3) is 4.12. The third-order valence-corrected chi connectivity index (χ3v) is 6.01. The van der Waals surface area contributed by atoms with E-state index in [1.807, 2.05) is 0 Å². The molecule has 0 amide bonds. The van der Waals surface area contributed by atoms with Gasteiger partial charge in [-0.2, -0.15) is 0 Å². The Morgan fingerprint density at radius 3 is 1.91 bits per heavy atom. The Morgan fingerprint density at radius 1 is 0.636 bits per heavy atom. The molecule has 2 nitrogen and oxygen atoms in total. The molecule has 0 fully saturated rings. The summed E-state index contributed by atoms with van der Waals surface area (Å²) in [7, 11) is 0. The van der Waals surface area contributed by atoms with Gasteiger partial charge in [0.1, 0.15) is 5.82 Å². The van der Waals surface area contributed by atoms with E-state index in [2.05, 4.69) is 128 Å². The minimum atomic E-state index is 0.904. The Morgan fingerprint density at radius 2 is 1.24 bits per heavy atom. The van der Waals surface area contributed by atoms with Crippen molar-refractivity contribution in [3.05, 3.63) is 115 Å². The number of hydrogen-bond acceptors (Lipinski definition) is 1. The first-order valence-electron chi connectivity index (χ1n) is 11.6. The van der Waals surface area contributed by atoms with Crippen molar-refractivity contribution >= 4 is 0 Å². The zero-order valence-electron chi connectivity index (χ0n) is 19.2. The molecule has 0 aliphatic heterocycles. The SMILES string of the molecule is CCCn1c(-c2ccccc2-c2cccc(C)c2)nc(-c2ccccc2)c1-c1ccccc1. The topological polar surface area (TPSA) is 17.8 Å². The third-order valence-electron chi connectivity index (χ3n) is 6.01. The van der Waals surface area contributed by atoms with E-state index in [-0.39, 0.29) is 0 Å². The van der Waals surface area contributed by atoms with Gasteiger partial charge in [-0.25, -0.2) is 4.98 Å². The number of nitrogens with zero attached hydrogens (tertiary/aromatic N) is 2. The molecule has 0 aliphatic rings. The fourth-order valence-electron chi connectivity index (χ4n) is 4.53. The normalized spacial score (nSPS) is 11.0. The number of benzene rings is 4. The Labute approximate surface area is 196 Å². The summed E-state index contributed by atoms with van der Waals surface area (Å²) in [5.41, 5.74) is 9.39. The van der Waals surface area contributed by atoms with E-state index >= 15 is 0 Å². The fraction of sp³-hybridized carbons (Fsp3) is 0.129. The summed E-state index contributed by atoms with van der Waals surface area (Å²) in [5, 5.41) is 0. The van der Waals surface area contributed by atoms with Gasteiger partial charge in [-0.3, -0.25) is 0 Å². The first kappa shape index (κ1) is 21.0. The van der Waals surface area contributed by atoms with Crippen molar-refractivity contribution in [3.63, 3.8) is 0 Å². The van der Waals surface area contributed by atoms with Gasteiger partial charge in [-0.1, -0.05) is 122 Å². The van der Waals surface area contributed by atoms with E-state index < -0.39 is 0 Å². The molecule has 0 unspecified atom stereocenters. The molecule has 4 aromatic carbocycles. The van der Waals surface area contributed by atoms with Crippen molar-refractivity contribution in [1.29, 1.82) is 0 Å². The van der Waals surface area contributed by atoms with Crippen LogP contribution in [0.15, 0.2) is 109 Å². The van der Waals surface area contributed by atoms with Gasteiger partial charge in [-0.05, 0) is 24.5 Å². The van der Waals surface area contributed by atoms with Gasteiger partial charge in [0.05, 0.1) is 11.4 Å². The predicted molar refractivity (Wildman–Crippen MR) is 139 cm³/mol. The van der Waals surface area contributed by atoms with E-state index in [4.69, 9.17) is 4.98 Å². The lowest BCUT2D eigenvalue weighted by Gasteiger charge is -2.15. The summed E-state index contributed by atoms with van der Waals surface area (Å²) >= 11 is 0. The van der Waals surface area contributed by atoms with Crippen LogP contribution in [-0.2, 0) is 6.54 Å². The van der Waals surface area contributed by atoms with E-state index in [0.717, 1.165) is 35.6 Å². The summed E-state index contributed by atoms with van der Waals surface area (Å²) in [6.45, 7) is 5.28. The van der Waals surface area contributed by atoms with Gasteiger partial charge in [0, 0.05) is 23.2 Å². The molecule has 1 aromatic heterocycles. The van der Waals surface area contributed by atoms with E-state index in [9.17, 15) is 0 Å². The highest BCUT2D eigenvalue weighted by Crippen LogP contribution is 2.39.